The summed E-state index contributed by atoms with van der Waals surface area (Å²) in [6, 6.07) is 3.87. The molecule has 0 fully saturated rings. The molecule has 0 saturated heterocycles. The zero-order valence-corrected chi connectivity index (χ0v) is 9.79. The van der Waals surface area contributed by atoms with E-state index in [0.717, 1.165) is 29.7 Å². The number of hydrogen-bond acceptors (Lipinski definition) is 3. The number of aliphatic hydroxyl groups excluding tert-OH is 1. The Hall–Kier alpha value is -0.610. The van der Waals surface area contributed by atoms with Crippen LogP contribution in [-0.4, -0.2) is 22.7 Å². The summed E-state index contributed by atoms with van der Waals surface area (Å²) in [6.45, 7) is 2.65. The van der Waals surface area contributed by atoms with Crippen LogP contribution in [0.1, 0.15) is 19.8 Å². The van der Waals surface area contributed by atoms with E-state index in [-0.39, 0.29) is 6.10 Å². The van der Waals surface area contributed by atoms with Gasteiger partial charge in [-0.2, -0.15) is 0 Å². The Kier molecular flexibility index (Phi) is 4.90. The SMILES string of the molecule is CC(O)CCCNc1ccc(Br)cn1. The van der Waals surface area contributed by atoms with Gasteiger partial charge in [-0.1, -0.05) is 0 Å². The minimum atomic E-state index is -0.213. The van der Waals surface area contributed by atoms with Gasteiger partial charge in [0.25, 0.3) is 0 Å². The van der Waals surface area contributed by atoms with Gasteiger partial charge in [0.1, 0.15) is 5.82 Å². The van der Waals surface area contributed by atoms with Gasteiger partial charge in [0.15, 0.2) is 0 Å². The number of nitrogens with one attached hydrogen (secondary N) is 1. The largest absolute Gasteiger partial charge is 0.393 e. The molecule has 0 aliphatic carbocycles. The number of hydrogen-bond donors (Lipinski definition) is 2. The van der Waals surface area contributed by atoms with Crippen molar-refractivity contribution in [2.75, 3.05) is 11.9 Å². The summed E-state index contributed by atoms with van der Waals surface area (Å²) in [4.78, 5) is 4.17. The van der Waals surface area contributed by atoms with Crippen LogP contribution in [0.15, 0.2) is 22.8 Å². The standard InChI is InChI=1S/C10H15BrN2O/c1-8(14)3-2-6-12-10-5-4-9(11)7-13-10/h4-5,7-8,14H,2-3,6H2,1H3,(H,12,13). The van der Waals surface area contributed by atoms with Crippen LogP contribution in [0.5, 0.6) is 0 Å². The predicted octanol–water partition coefficient (Wildman–Crippen LogP) is 2.42. The predicted molar refractivity (Wildman–Crippen MR) is 61.3 cm³/mol. The number of aliphatic hydroxyl groups is 1. The quantitative estimate of drug-likeness (QED) is 0.798. The monoisotopic (exact) mass is 258 g/mol. The van der Waals surface area contributed by atoms with E-state index >= 15 is 0 Å². The van der Waals surface area contributed by atoms with Gasteiger partial charge in [-0.3, -0.25) is 0 Å². The van der Waals surface area contributed by atoms with Gasteiger partial charge < -0.3 is 10.4 Å². The molecule has 0 amide bonds. The molecular weight excluding hydrogens is 244 g/mol. The van der Waals surface area contributed by atoms with Crippen LogP contribution < -0.4 is 5.32 Å². The van der Waals surface area contributed by atoms with E-state index < -0.39 is 0 Å². The molecule has 0 radical (unpaired) electrons. The third-order valence-electron chi connectivity index (χ3n) is 1.83. The first-order chi connectivity index (χ1) is 6.68. The summed E-state index contributed by atoms with van der Waals surface area (Å²) in [5, 5.41) is 12.2. The van der Waals surface area contributed by atoms with Crippen LogP contribution >= 0.6 is 15.9 Å². The van der Waals surface area contributed by atoms with Crippen molar-refractivity contribution in [1.82, 2.24) is 4.98 Å². The van der Waals surface area contributed by atoms with Crippen molar-refractivity contribution in [2.45, 2.75) is 25.9 Å². The Labute approximate surface area is 92.7 Å². The fraction of sp³-hybridized carbons (Fsp3) is 0.500. The number of anilines is 1. The van der Waals surface area contributed by atoms with E-state index in [2.05, 4.69) is 26.2 Å². The van der Waals surface area contributed by atoms with E-state index in [0.29, 0.717) is 0 Å². The smallest absolute Gasteiger partial charge is 0.125 e. The molecule has 0 bridgehead atoms. The highest BCUT2D eigenvalue weighted by Crippen LogP contribution is 2.10. The number of halogens is 1. The number of aromatic nitrogens is 1. The number of nitrogens with zero attached hydrogens (tertiary/aromatic N) is 1. The molecule has 14 heavy (non-hydrogen) atoms. The molecule has 1 heterocycles. The second-order valence-electron chi connectivity index (χ2n) is 3.28. The fourth-order valence-corrected chi connectivity index (χ4v) is 1.33. The molecule has 0 aliphatic rings. The Morgan fingerprint density at radius 3 is 2.93 bits per heavy atom. The molecule has 0 aliphatic heterocycles. The maximum Gasteiger partial charge on any atom is 0.125 e. The molecule has 4 heteroatoms. The van der Waals surface area contributed by atoms with Crippen LogP contribution in [0.3, 0.4) is 0 Å². The van der Waals surface area contributed by atoms with Crippen LogP contribution in [0.4, 0.5) is 5.82 Å². The van der Waals surface area contributed by atoms with Crippen LogP contribution in [0, 0.1) is 0 Å². The van der Waals surface area contributed by atoms with E-state index in [4.69, 9.17) is 5.11 Å². The van der Waals surface area contributed by atoms with Gasteiger partial charge in [-0.25, -0.2) is 4.98 Å². The Bertz CT molecular complexity index is 261. The maximum atomic E-state index is 9.04. The van der Waals surface area contributed by atoms with Gasteiger partial charge in [0.05, 0.1) is 6.10 Å². The van der Waals surface area contributed by atoms with Gasteiger partial charge in [-0.15, -0.1) is 0 Å². The Morgan fingerprint density at radius 1 is 1.57 bits per heavy atom. The highest BCUT2D eigenvalue weighted by Gasteiger charge is 1.96. The van der Waals surface area contributed by atoms with Crippen LogP contribution in [0.25, 0.3) is 0 Å². The van der Waals surface area contributed by atoms with Crippen molar-refractivity contribution in [1.29, 1.82) is 0 Å². The van der Waals surface area contributed by atoms with Gasteiger partial charge in [-0.05, 0) is 47.8 Å². The summed E-state index contributed by atoms with van der Waals surface area (Å²) >= 11 is 3.32. The zero-order chi connectivity index (χ0) is 10.4. The second kappa shape index (κ2) is 5.98. The zero-order valence-electron chi connectivity index (χ0n) is 8.20. The van der Waals surface area contributed by atoms with Gasteiger partial charge in [0, 0.05) is 17.2 Å². The first kappa shape index (κ1) is 11.5. The van der Waals surface area contributed by atoms with E-state index in [1.165, 1.54) is 0 Å². The van der Waals surface area contributed by atoms with Gasteiger partial charge >= 0.3 is 0 Å². The summed E-state index contributed by atoms with van der Waals surface area (Å²) < 4.78 is 0.979. The Balaban J connectivity index is 2.21. The molecule has 1 atom stereocenters. The maximum absolute atomic E-state index is 9.04. The minimum Gasteiger partial charge on any atom is -0.393 e. The lowest BCUT2D eigenvalue weighted by Gasteiger charge is -2.06. The molecule has 1 rings (SSSR count). The molecule has 1 aromatic rings. The average Bonchev–Trinajstić information content (AvgIpc) is 2.15. The molecule has 1 unspecified atom stereocenters. The van der Waals surface area contributed by atoms with Crippen molar-refractivity contribution in [2.24, 2.45) is 0 Å². The first-order valence-electron chi connectivity index (χ1n) is 4.72. The minimum absolute atomic E-state index is 0.213. The molecular formula is C10H15BrN2O. The third-order valence-corrected chi connectivity index (χ3v) is 2.30. The van der Waals surface area contributed by atoms with Crippen molar-refractivity contribution in [3.8, 4) is 0 Å². The molecule has 3 nitrogen and oxygen atoms in total. The first-order valence-corrected chi connectivity index (χ1v) is 5.51. The summed E-state index contributed by atoms with van der Waals surface area (Å²) in [6.07, 6.45) is 3.32. The van der Waals surface area contributed by atoms with Crippen molar-refractivity contribution < 1.29 is 5.11 Å². The van der Waals surface area contributed by atoms with Crippen molar-refractivity contribution in [3.63, 3.8) is 0 Å². The topological polar surface area (TPSA) is 45.1 Å². The molecule has 78 valence electrons. The van der Waals surface area contributed by atoms with E-state index in [9.17, 15) is 0 Å². The lowest BCUT2D eigenvalue weighted by molar-refractivity contribution is 0.183. The average molecular weight is 259 g/mol. The van der Waals surface area contributed by atoms with E-state index in [1.807, 2.05) is 12.1 Å². The summed E-state index contributed by atoms with van der Waals surface area (Å²) in [5.74, 6) is 0.874. The fourth-order valence-electron chi connectivity index (χ4n) is 1.09. The molecule has 0 saturated carbocycles. The lowest BCUT2D eigenvalue weighted by atomic mass is 10.2. The molecule has 2 N–H and O–H groups in total. The van der Waals surface area contributed by atoms with Gasteiger partial charge in [0.2, 0.25) is 0 Å². The van der Waals surface area contributed by atoms with Crippen LogP contribution in [0.2, 0.25) is 0 Å². The molecule has 0 spiro atoms. The van der Waals surface area contributed by atoms with E-state index in [1.54, 1.807) is 13.1 Å². The van der Waals surface area contributed by atoms with Crippen molar-refractivity contribution >= 4 is 21.7 Å². The number of rotatable bonds is 5. The highest BCUT2D eigenvalue weighted by atomic mass is 79.9. The van der Waals surface area contributed by atoms with Crippen LogP contribution in [-0.2, 0) is 0 Å². The molecule has 1 aromatic heterocycles. The van der Waals surface area contributed by atoms with Crippen molar-refractivity contribution in [3.05, 3.63) is 22.8 Å². The summed E-state index contributed by atoms with van der Waals surface area (Å²) in [5.41, 5.74) is 0. The Morgan fingerprint density at radius 2 is 2.36 bits per heavy atom. The lowest BCUT2D eigenvalue weighted by Crippen LogP contribution is -2.07. The summed E-state index contributed by atoms with van der Waals surface area (Å²) in [7, 11) is 0. The second-order valence-corrected chi connectivity index (χ2v) is 4.20. The highest BCUT2D eigenvalue weighted by molar-refractivity contribution is 9.10. The third kappa shape index (κ3) is 4.58. The molecule has 0 aromatic carbocycles. The normalized spacial score (nSPS) is 12.5. The number of pyridine rings is 1.